The predicted octanol–water partition coefficient (Wildman–Crippen LogP) is 2.61. The highest BCUT2D eigenvalue weighted by molar-refractivity contribution is 9.10. The molecule has 3 rings (SSSR count). The molecule has 0 aliphatic rings. The number of halogens is 1. The van der Waals surface area contributed by atoms with Gasteiger partial charge < -0.3 is 5.73 Å². The summed E-state index contributed by atoms with van der Waals surface area (Å²) in [5.74, 6) is 0.574. The number of anilines is 1. The molecule has 0 amide bonds. The van der Waals surface area contributed by atoms with Crippen molar-refractivity contribution in [2.24, 2.45) is 0 Å². The number of nitrogens with two attached hydrogens (primary N) is 1. The number of aromatic amines is 1. The summed E-state index contributed by atoms with van der Waals surface area (Å²) in [5, 5.41) is 10.9. The van der Waals surface area contributed by atoms with Gasteiger partial charge in [0.1, 0.15) is 5.82 Å². The second-order valence-electron chi connectivity index (χ2n) is 3.85. The maximum Gasteiger partial charge on any atom is 0.126 e. The molecule has 6 heteroatoms. The molecule has 0 bridgehead atoms. The van der Waals surface area contributed by atoms with Gasteiger partial charge >= 0.3 is 0 Å². The fraction of sp³-hybridized carbons (Fsp3) is 0. The van der Waals surface area contributed by atoms with Crippen molar-refractivity contribution < 1.29 is 0 Å². The third kappa shape index (κ3) is 1.91. The second-order valence-corrected chi connectivity index (χ2v) is 4.76. The van der Waals surface area contributed by atoms with Crippen LogP contribution >= 0.6 is 15.9 Å². The lowest BCUT2D eigenvalue weighted by molar-refractivity contribution is 0.880. The average Bonchev–Trinajstić information content (AvgIpc) is 2.98. The van der Waals surface area contributed by atoms with Crippen LogP contribution in [0.5, 0.6) is 0 Å². The van der Waals surface area contributed by atoms with Crippen LogP contribution in [0.4, 0.5) is 5.82 Å². The van der Waals surface area contributed by atoms with E-state index in [4.69, 9.17) is 5.73 Å². The molecule has 3 N–H and O–H groups in total. The summed E-state index contributed by atoms with van der Waals surface area (Å²) in [6.07, 6.45) is 5.37. The first-order valence-corrected chi connectivity index (χ1v) is 6.13. The summed E-state index contributed by atoms with van der Waals surface area (Å²) in [4.78, 5) is 0. The number of hydrogen-bond acceptors (Lipinski definition) is 3. The van der Waals surface area contributed by atoms with Crippen LogP contribution in [0.15, 0.2) is 47.3 Å². The van der Waals surface area contributed by atoms with E-state index in [1.807, 2.05) is 30.5 Å². The lowest BCUT2D eigenvalue weighted by Gasteiger charge is -2.03. The summed E-state index contributed by atoms with van der Waals surface area (Å²) in [6, 6.07) is 7.96. The van der Waals surface area contributed by atoms with E-state index in [0.717, 1.165) is 21.3 Å². The molecule has 2 heterocycles. The Hall–Kier alpha value is -2.08. The van der Waals surface area contributed by atoms with E-state index >= 15 is 0 Å². The van der Waals surface area contributed by atoms with Gasteiger partial charge in [-0.15, -0.1) is 0 Å². The first kappa shape index (κ1) is 11.0. The largest absolute Gasteiger partial charge is 0.384 e. The molecule has 0 fully saturated rings. The van der Waals surface area contributed by atoms with Gasteiger partial charge in [-0.2, -0.15) is 10.2 Å². The number of hydrogen-bond donors (Lipinski definition) is 2. The first-order valence-electron chi connectivity index (χ1n) is 5.34. The molecule has 0 radical (unpaired) electrons. The smallest absolute Gasteiger partial charge is 0.126 e. The van der Waals surface area contributed by atoms with Gasteiger partial charge in [0.15, 0.2) is 0 Å². The van der Waals surface area contributed by atoms with Gasteiger partial charge in [0.25, 0.3) is 0 Å². The van der Waals surface area contributed by atoms with Crippen LogP contribution in [0.25, 0.3) is 16.8 Å². The van der Waals surface area contributed by atoms with Crippen LogP contribution < -0.4 is 5.73 Å². The fourth-order valence-corrected chi connectivity index (χ4v) is 2.05. The number of rotatable bonds is 2. The van der Waals surface area contributed by atoms with Gasteiger partial charge in [-0.25, -0.2) is 4.68 Å². The topological polar surface area (TPSA) is 72.5 Å². The Morgan fingerprint density at radius 3 is 2.50 bits per heavy atom. The van der Waals surface area contributed by atoms with Crippen molar-refractivity contribution in [1.82, 2.24) is 20.0 Å². The zero-order chi connectivity index (χ0) is 12.5. The second kappa shape index (κ2) is 4.30. The number of nitrogens with zero attached hydrogens (tertiary/aromatic N) is 3. The SMILES string of the molecule is Nc1[nH]ncc1-c1ccc(-n2cc(Br)cn2)cc1. The molecule has 2 aromatic heterocycles. The molecule has 0 spiro atoms. The van der Waals surface area contributed by atoms with Crippen LogP contribution in [0, 0.1) is 0 Å². The first-order chi connectivity index (χ1) is 8.74. The normalized spacial score (nSPS) is 10.7. The molecule has 18 heavy (non-hydrogen) atoms. The minimum atomic E-state index is 0.574. The Morgan fingerprint density at radius 2 is 1.94 bits per heavy atom. The highest BCUT2D eigenvalue weighted by Gasteiger charge is 2.05. The van der Waals surface area contributed by atoms with Crippen molar-refractivity contribution in [3.63, 3.8) is 0 Å². The lowest BCUT2D eigenvalue weighted by Crippen LogP contribution is -1.93. The van der Waals surface area contributed by atoms with Crippen molar-refractivity contribution in [3.05, 3.63) is 47.3 Å². The van der Waals surface area contributed by atoms with E-state index in [1.54, 1.807) is 17.1 Å². The molecule has 1 aromatic carbocycles. The molecule has 0 aliphatic carbocycles. The number of benzene rings is 1. The Kier molecular flexibility index (Phi) is 2.64. The molecule has 0 aliphatic heterocycles. The molecule has 0 saturated carbocycles. The Bertz CT molecular complexity index is 668. The van der Waals surface area contributed by atoms with Crippen molar-refractivity contribution in [1.29, 1.82) is 0 Å². The molecule has 0 unspecified atom stereocenters. The van der Waals surface area contributed by atoms with E-state index in [1.165, 1.54) is 0 Å². The molecule has 0 atom stereocenters. The number of nitrogen functional groups attached to an aromatic ring is 1. The number of H-pyrrole nitrogens is 1. The minimum absolute atomic E-state index is 0.574. The number of aromatic nitrogens is 4. The molecule has 3 aromatic rings. The average molecular weight is 304 g/mol. The number of nitrogens with one attached hydrogen (secondary N) is 1. The third-order valence-corrected chi connectivity index (χ3v) is 3.07. The van der Waals surface area contributed by atoms with E-state index < -0.39 is 0 Å². The van der Waals surface area contributed by atoms with Gasteiger partial charge in [0, 0.05) is 11.8 Å². The Balaban J connectivity index is 1.97. The molecule has 5 nitrogen and oxygen atoms in total. The minimum Gasteiger partial charge on any atom is -0.384 e. The van der Waals surface area contributed by atoms with Crippen LogP contribution in [0.3, 0.4) is 0 Å². The third-order valence-electron chi connectivity index (χ3n) is 2.66. The van der Waals surface area contributed by atoms with Gasteiger partial charge in [-0.3, -0.25) is 5.10 Å². The van der Waals surface area contributed by atoms with Crippen molar-refractivity contribution >= 4 is 21.7 Å². The van der Waals surface area contributed by atoms with E-state index in [0.29, 0.717) is 5.82 Å². The summed E-state index contributed by atoms with van der Waals surface area (Å²) in [6.45, 7) is 0. The molecular formula is C12H10BrN5. The summed E-state index contributed by atoms with van der Waals surface area (Å²) in [5.41, 5.74) is 8.71. The monoisotopic (exact) mass is 303 g/mol. The quantitative estimate of drug-likeness (QED) is 0.764. The maximum absolute atomic E-state index is 5.78. The zero-order valence-corrected chi connectivity index (χ0v) is 10.9. The Morgan fingerprint density at radius 1 is 1.17 bits per heavy atom. The fourth-order valence-electron chi connectivity index (χ4n) is 1.76. The summed E-state index contributed by atoms with van der Waals surface area (Å²) in [7, 11) is 0. The summed E-state index contributed by atoms with van der Waals surface area (Å²) < 4.78 is 2.75. The Labute approximate surface area is 112 Å². The van der Waals surface area contributed by atoms with Crippen LogP contribution in [-0.4, -0.2) is 20.0 Å². The predicted molar refractivity (Wildman–Crippen MR) is 73.3 cm³/mol. The van der Waals surface area contributed by atoms with Crippen LogP contribution in [-0.2, 0) is 0 Å². The van der Waals surface area contributed by atoms with Crippen LogP contribution in [0.1, 0.15) is 0 Å². The summed E-state index contributed by atoms with van der Waals surface area (Å²) >= 11 is 3.37. The maximum atomic E-state index is 5.78. The molecule has 0 saturated heterocycles. The standard InChI is InChI=1S/C12H10BrN5/c13-9-5-16-18(7-9)10-3-1-8(2-4-10)11-6-15-17-12(11)14/h1-7H,(H3,14,15,17). The van der Waals surface area contributed by atoms with Gasteiger partial charge in [0.05, 0.1) is 22.6 Å². The van der Waals surface area contributed by atoms with Crippen molar-refractivity contribution in [2.45, 2.75) is 0 Å². The van der Waals surface area contributed by atoms with Crippen molar-refractivity contribution in [3.8, 4) is 16.8 Å². The molecular weight excluding hydrogens is 294 g/mol. The zero-order valence-electron chi connectivity index (χ0n) is 9.34. The van der Waals surface area contributed by atoms with E-state index in [2.05, 4.69) is 31.2 Å². The lowest BCUT2D eigenvalue weighted by atomic mass is 10.1. The van der Waals surface area contributed by atoms with E-state index in [-0.39, 0.29) is 0 Å². The highest BCUT2D eigenvalue weighted by Crippen LogP contribution is 2.24. The van der Waals surface area contributed by atoms with Crippen molar-refractivity contribution in [2.75, 3.05) is 5.73 Å². The highest BCUT2D eigenvalue weighted by atomic mass is 79.9. The van der Waals surface area contributed by atoms with Gasteiger partial charge in [0.2, 0.25) is 0 Å². The van der Waals surface area contributed by atoms with E-state index in [9.17, 15) is 0 Å². The van der Waals surface area contributed by atoms with Gasteiger partial charge in [-0.05, 0) is 33.6 Å². The van der Waals surface area contributed by atoms with Gasteiger partial charge in [-0.1, -0.05) is 12.1 Å². The van der Waals surface area contributed by atoms with Crippen LogP contribution in [0.2, 0.25) is 0 Å². The molecule has 90 valence electrons.